The zero-order valence-electron chi connectivity index (χ0n) is 8.00. The van der Waals surface area contributed by atoms with Gasteiger partial charge in [-0.05, 0) is 32.8 Å². The molecule has 0 atom stereocenters. The van der Waals surface area contributed by atoms with Crippen LogP contribution in [0.5, 0.6) is 0 Å². The van der Waals surface area contributed by atoms with E-state index in [1.165, 1.54) is 6.08 Å². The van der Waals surface area contributed by atoms with Gasteiger partial charge in [-0.2, -0.15) is 0 Å². The summed E-state index contributed by atoms with van der Waals surface area (Å²) in [4.78, 5) is 10.2. The molecule has 70 valence electrons. The van der Waals surface area contributed by atoms with Crippen LogP contribution >= 0.6 is 0 Å². The van der Waals surface area contributed by atoms with Crippen molar-refractivity contribution in [3.05, 3.63) is 23.8 Å². The summed E-state index contributed by atoms with van der Waals surface area (Å²) in [6, 6.07) is 0. The molecule has 13 heavy (non-hydrogen) atoms. The minimum Gasteiger partial charge on any atom is -0.478 e. The SMILES string of the molecule is CC#C/C=C/CC/C(C)=C\C(=O)O. The van der Waals surface area contributed by atoms with Crippen molar-refractivity contribution in [1.82, 2.24) is 0 Å². The van der Waals surface area contributed by atoms with Crippen molar-refractivity contribution in [3.8, 4) is 11.8 Å². The Hall–Kier alpha value is -1.49. The van der Waals surface area contributed by atoms with E-state index < -0.39 is 5.97 Å². The largest absolute Gasteiger partial charge is 0.478 e. The van der Waals surface area contributed by atoms with E-state index in [1.807, 2.05) is 13.0 Å². The maximum absolute atomic E-state index is 10.2. The normalized spacial score (nSPS) is 11.1. The van der Waals surface area contributed by atoms with Gasteiger partial charge < -0.3 is 5.11 Å². The van der Waals surface area contributed by atoms with Gasteiger partial charge in [-0.3, -0.25) is 0 Å². The fraction of sp³-hybridized carbons (Fsp3) is 0.364. The maximum atomic E-state index is 10.2. The molecule has 0 fully saturated rings. The average molecular weight is 178 g/mol. The zero-order valence-corrected chi connectivity index (χ0v) is 8.00. The van der Waals surface area contributed by atoms with Gasteiger partial charge in [-0.1, -0.05) is 17.6 Å². The summed E-state index contributed by atoms with van der Waals surface area (Å²) in [7, 11) is 0. The highest BCUT2D eigenvalue weighted by atomic mass is 16.4. The van der Waals surface area contributed by atoms with Crippen molar-refractivity contribution < 1.29 is 9.90 Å². The van der Waals surface area contributed by atoms with Gasteiger partial charge in [0.2, 0.25) is 0 Å². The minimum atomic E-state index is -0.880. The lowest BCUT2D eigenvalue weighted by Crippen LogP contribution is -1.89. The number of rotatable bonds is 4. The Labute approximate surface area is 79.0 Å². The van der Waals surface area contributed by atoms with Crippen LogP contribution in [0, 0.1) is 11.8 Å². The predicted molar refractivity (Wildman–Crippen MR) is 53.2 cm³/mol. The minimum absolute atomic E-state index is 0.772. The Morgan fingerprint density at radius 2 is 2.23 bits per heavy atom. The van der Waals surface area contributed by atoms with E-state index >= 15 is 0 Å². The van der Waals surface area contributed by atoms with Crippen LogP contribution in [-0.2, 0) is 4.79 Å². The third kappa shape index (κ3) is 8.42. The summed E-state index contributed by atoms with van der Waals surface area (Å²) >= 11 is 0. The van der Waals surface area contributed by atoms with Gasteiger partial charge in [0.1, 0.15) is 0 Å². The highest BCUT2D eigenvalue weighted by Gasteiger charge is 1.91. The molecule has 0 unspecified atom stereocenters. The predicted octanol–water partition coefficient (Wildman–Crippen LogP) is 2.38. The van der Waals surface area contributed by atoms with Crippen LogP contribution in [0.15, 0.2) is 23.8 Å². The van der Waals surface area contributed by atoms with Crippen molar-refractivity contribution in [1.29, 1.82) is 0 Å². The molecular weight excluding hydrogens is 164 g/mol. The molecule has 1 N–H and O–H groups in total. The lowest BCUT2D eigenvalue weighted by molar-refractivity contribution is -0.131. The van der Waals surface area contributed by atoms with Crippen molar-refractivity contribution in [2.24, 2.45) is 0 Å². The molecule has 0 rings (SSSR count). The first-order valence-corrected chi connectivity index (χ1v) is 4.14. The molecule has 0 aromatic carbocycles. The molecule has 0 aliphatic heterocycles. The molecule has 2 heteroatoms. The van der Waals surface area contributed by atoms with E-state index in [0.29, 0.717) is 0 Å². The van der Waals surface area contributed by atoms with Crippen LogP contribution in [0.2, 0.25) is 0 Å². The number of hydrogen-bond acceptors (Lipinski definition) is 1. The van der Waals surface area contributed by atoms with Gasteiger partial charge in [-0.15, -0.1) is 5.92 Å². The average Bonchev–Trinajstić information content (AvgIpc) is 2.02. The molecule has 0 aromatic rings. The van der Waals surface area contributed by atoms with Crippen LogP contribution in [0.4, 0.5) is 0 Å². The Bertz CT molecular complexity index is 274. The smallest absolute Gasteiger partial charge is 0.328 e. The van der Waals surface area contributed by atoms with Gasteiger partial charge in [0, 0.05) is 6.08 Å². The third-order valence-electron chi connectivity index (χ3n) is 1.42. The van der Waals surface area contributed by atoms with Gasteiger partial charge in [0.25, 0.3) is 0 Å². The number of aliphatic carboxylic acids is 1. The van der Waals surface area contributed by atoms with Crippen molar-refractivity contribution in [2.75, 3.05) is 0 Å². The van der Waals surface area contributed by atoms with Crippen molar-refractivity contribution in [2.45, 2.75) is 26.7 Å². The Morgan fingerprint density at radius 3 is 2.77 bits per heavy atom. The van der Waals surface area contributed by atoms with E-state index in [-0.39, 0.29) is 0 Å². The molecular formula is C11H14O2. The first kappa shape index (κ1) is 11.5. The highest BCUT2D eigenvalue weighted by Crippen LogP contribution is 2.03. The first-order chi connectivity index (χ1) is 6.16. The molecule has 0 amide bonds. The van der Waals surface area contributed by atoms with Crippen LogP contribution < -0.4 is 0 Å². The van der Waals surface area contributed by atoms with Crippen LogP contribution in [0.25, 0.3) is 0 Å². The second kappa shape index (κ2) is 7.17. The fourth-order valence-corrected chi connectivity index (χ4v) is 0.820. The lowest BCUT2D eigenvalue weighted by Gasteiger charge is -1.93. The van der Waals surface area contributed by atoms with Crippen molar-refractivity contribution in [3.63, 3.8) is 0 Å². The summed E-state index contributed by atoms with van der Waals surface area (Å²) < 4.78 is 0. The third-order valence-corrected chi connectivity index (χ3v) is 1.42. The lowest BCUT2D eigenvalue weighted by atomic mass is 10.1. The maximum Gasteiger partial charge on any atom is 0.328 e. The number of hydrogen-bond donors (Lipinski definition) is 1. The molecule has 2 nitrogen and oxygen atoms in total. The van der Waals surface area contributed by atoms with Gasteiger partial charge in [0.15, 0.2) is 0 Å². The Morgan fingerprint density at radius 1 is 1.54 bits per heavy atom. The van der Waals surface area contributed by atoms with E-state index in [1.54, 1.807) is 13.0 Å². The molecule has 0 saturated carbocycles. The summed E-state index contributed by atoms with van der Waals surface area (Å²) in [5, 5.41) is 8.41. The van der Waals surface area contributed by atoms with Crippen LogP contribution in [0.3, 0.4) is 0 Å². The number of carboxylic acids is 1. The topological polar surface area (TPSA) is 37.3 Å². The van der Waals surface area contributed by atoms with Gasteiger partial charge >= 0.3 is 5.97 Å². The molecule has 0 saturated heterocycles. The Balaban J connectivity index is 3.75. The van der Waals surface area contributed by atoms with E-state index in [0.717, 1.165) is 18.4 Å². The molecule has 0 aromatic heterocycles. The summed E-state index contributed by atoms with van der Waals surface area (Å²) in [5.41, 5.74) is 0.876. The number of carboxylic acid groups (broad SMARTS) is 1. The first-order valence-electron chi connectivity index (χ1n) is 4.14. The second-order valence-electron chi connectivity index (χ2n) is 2.66. The Kier molecular flexibility index (Phi) is 6.35. The summed E-state index contributed by atoms with van der Waals surface area (Å²) in [6.45, 7) is 3.59. The monoisotopic (exact) mass is 178 g/mol. The van der Waals surface area contributed by atoms with E-state index in [2.05, 4.69) is 11.8 Å². The standard InChI is InChI=1S/C11H14O2/c1-3-4-5-6-7-8-10(2)9-11(12)13/h5-6,9H,7-8H2,1-2H3,(H,12,13)/b6-5+,10-9-. The van der Waals surface area contributed by atoms with Crippen LogP contribution in [0.1, 0.15) is 26.7 Å². The van der Waals surface area contributed by atoms with Crippen LogP contribution in [-0.4, -0.2) is 11.1 Å². The molecule has 0 aliphatic rings. The van der Waals surface area contributed by atoms with Gasteiger partial charge in [0.05, 0.1) is 0 Å². The number of carbonyl (C=O) groups is 1. The quantitative estimate of drug-likeness (QED) is 0.530. The fourth-order valence-electron chi connectivity index (χ4n) is 0.820. The summed E-state index contributed by atoms with van der Waals surface area (Å²) in [5.74, 6) is 4.66. The highest BCUT2D eigenvalue weighted by molar-refractivity contribution is 5.80. The number of allylic oxidation sites excluding steroid dienone is 3. The van der Waals surface area contributed by atoms with E-state index in [9.17, 15) is 4.79 Å². The van der Waals surface area contributed by atoms with Gasteiger partial charge in [-0.25, -0.2) is 4.79 Å². The zero-order chi connectivity index (χ0) is 10.1. The second-order valence-corrected chi connectivity index (χ2v) is 2.66. The van der Waals surface area contributed by atoms with E-state index in [4.69, 9.17) is 5.11 Å². The molecule has 0 bridgehead atoms. The van der Waals surface area contributed by atoms with Crippen molar-refractivity contribution >= 4 is 5.97 Å². The molecule has 0 aliphatic carbocycles. The summed E-state index contributed by atoms with van der Waals surface area (Å²) in [6.07, 6.45) is 6.57. The molecule has 0 radical (unpaired) electrons. The molecule has 0 heterocycles. The molecule has 0 spiro atoms.